The fraction of sp³-hybridized carbons (Fsp3) is 0.556. The summed E-state index contributed by atoms with van der Waals surface area (Å²) in [5.74, 6) is 1.36. The third-order valence-electron chi connectivity index (χ3n) is 5.40. The van der Waals surface area contributed by atoms with Crippen LogP contribution in [0.5, 0.6) is 0 Å². The Morgan fingerprint density at radius 1 is 1.12 bits per heavy atom. The molecule has 0 bridgehead atoms. The van der Waals surface area contributed by atoms with Crippen molar-refractivity contribution in [2.24, 2.45) is 5.92 Å². The molecule has 1 aromatic carbocycles. The van der Waals surface area contributed by atoms with Crippen molar-refractivity contribution in [3.63, 3.8) is 0 Å². The predicted octanol–water partition coefficient (Wildman–Crippen LogP) is 3.28. The van der Waals surface area contributed by atoms with Gasteiger partial charge in [0.05, 0.1) is 0 Å². The number of carbonyl (C=O) groups is 1. The van der Waals surface area contributed by atoms with Crippen LogP contribution in [0.4, 0.5) is 0 Å². The quantitative estimate of drug-likeness (QED) is 0.788. The maximum atomic E-state index is 12.8. The van der Waals surface area contributed by atoms with Crippen LogP contribution < -0.4 is 0 Å². The Labute approximate surface area is 155 Å². The Kier molecular flexibility index (Phi) is 4.83. The summed E-state index contributed by atoms with van der Waals surface area (Å²) in [7, 11) is 0. The first-order valence-corrected chi connectivity index (χ1v) is 9.83. The lowest BCUT2D eigenvalue weighted by Crippen LogP contribution is -2.50. The Hall–Kier alpha value is -1.76. The van der Waals surface area contributed by atoms with Gasteiger partial charge in [0.2, 0.25) is 11.7 Å². The van der Waals surface area contributed by atoms with Gasteiger partial charge in [0.1, 0.15) is 6.54 Å². The van der Waals surface area contributed by atoms with Crippen molar-refractivity contribution in [2.45, 2.75) is 51.1 Å². The fourth-order valence-electron chi connectivity index (χ4n) is 4.17. The van der Waals surface area contributed by atoms with Gasteiger partial charge in [0.15, 0.2) is 0 Å². The summed E-state index contributed by atoms with van der Waals surface area (Å²) >= 11 is 3.42. The highest BCUT2D eigenvalue weighted by atomic mass is 79.9. The molecule has 1 amide bonds. The third-order valence-corrected chi connectivity index (χ3v) is 5.92. The van der Waals surface area contributed by atoms with Crippen molar-refractivity contribution in [1.82, 2.24) is 25.1 Å². The van der Waals surface area contributed by atoms with Crippen LogP contribution >= 0.6 is 15.9 Å². The molecule has 132 valence electrons. The molecule has 2 atom stereocenters. The van der Waals surface area contributed by atoms with E-state index < -0.39 is 0 Å². The Morgan fingerprint density at radius 2 is 1.88 bits per heavy atom. The molecular weight excluding hydrogens is 382 g/mol. The Morgan fingerprint density at radius 3 is 2.72 bits per heavy atom. The number of likely N-dealkylation sites (tertiary alicyclic amines) is 1. The number of aromatic nitrogens is 4. The van der Waals surface area contributed by atoms with Crippen LogP contribution in [0.1, 0.15) is 38.5 Å². The summed E-state index contributed by atoms with van der Waals surface area (Å²) < 4.78 is 1.01. The number of benzene rings is 1. The zero-order chi connectivity index (χ0) is 17.2. The molecule has 6 nitrogen and oxygen atoms in total. The van der Waals surface area contributed by atoms with E-state index in [1.54, 1.807) is 0 Å². The van der Waals surface area contributed by atoms with Crippen molar-refractivity contribution in [3.05, 3.63) is 28.7 Å². The van der Waals surface area contributed by atoms with Gasteiger partial charge in [0, 0.05) is 22.6 Å². The number of tetrazole rings is 1. The van der Waals surface area contributed by atoms with Crippen LogP contribution in [0.25, 0.3) is 11.4 Å². The molecule has 0 radical (unpaired) electrons. The van der Waals surface area contributed by atoms with Crippen molar-refractivity contribution in [3.8, 4) is 11.4 Å². The van der Waals surface area contributed by atoms with Gasteiger partial charge in [-0.3, -0.25) is 4.79 Å². The highest BCUT2D eigenvalue weighted by molar-refractivity contribution is 9.10. The van der Waals surface area contributed by atoms with E-state index in [2.05, 4.69) is 36.2 Å². The maximum absolute atomic E-state index is 12.8. The number of hydrogen-bond acceptors (Lipinski definition) is 4. The normalized spacial score (nSPS) is 23.3. The molecule has 1 saturated heterocycles. The van der Waals surface area contributed by atoms with Crippen LogP contribution in [-0.4, -0.2) is 43.6 Å². The van der Waals surface area contributed by atoms with Crippen LogP contribution in [0.3, 0.4) is 0 Å². The molecule has 4 rings (SSSR count). The molecule has 25 heavy (non-hydrogen) atoms. The topological polar surface area (TPSA) is 63.9 Å². The molecule has 7 heteroatoms. The minimum atomic E-state index is 0.122. The van der Waals surface area contributed by atoms with Gasteiger partial charge in [-0.05, 0) is 61.1 Å². The van der Waals surface area contributed by atoms with Crippen LogP contribution in [0.2, 0.25) is 0 Å². The Balaban J connectivity index is 1.45. The monoisotopic (exact) mass is 403 g/mol. The summed E-state index contributed by atoms with van der Waals surface area (Å²) in [6.07, 6.45) is 7.34. The molecule has 0 N–H and O–H groups in total. The van der Waals surface area contributed by atoms with Gasteiger partial charge in [-0.25, -0.2) is 0 Å². The minimum absolute atomic E-state index is 0.122. The number of amides is 1. The number of hydrogen-bond donors (Lipinski definition) is 0. The average molecular weight is 404 g/mol. The summed E-state index contributed by atoms with van der Waals surface area (Å²) in [4.78, 5) is 16.3. The number of nitrogens with zero attached hydrogens (tertiary/aromatic N) is 5. The van der Waals surface area contributed by atoms with E-state index in [1.807, 2.05) is 24.3 Å². The summed E-state index contributed by atoms with van der Waals surface area (Å²) in [6.45, 7) is 1.04. The van der Waals surface area contributed by atoms with E-state index in [0.29, 0.717) is 17.8 Å². The van der Waals surface area contributed by atoms with E-state index in [0.717, 1.165) is 29.4 Å². The zero-order valence-corrected chi connectivity index (χ0v) is 15.7. The molecule has 2 aliphatic rings. The van der Waals surface area contributed by atoms with Gasteiger partial charge >= 0.3 is 0 Å². The van der Waals surface area contributed by atoms with E-state index in [1.165, 1.54) is 30.5 Å². The van der Waals surface area contributed by atoms with Crippen molar-refractivity contribution < 1.29 is 4.79 Å². The summed E-state index contributed by atoms with van der Waals surface area (Å²) in [5, 5.41) is 12.5. The van der Waals surface area contributed by atoms with Gasteiger partial charge in [-0.2, -0.15) is 4.80 Å². The zero-order valence-electron chi connectivity index (χ0n) is 14.1. The second kappa shape index (κ2) is 7.23. The third kappa shape index (κ3) is 3.61. The molecule has 2 fully saturated rings. The second-order valence-electron chi connectivity index (χ2n) is 6.99. The van der Waals surface area contributed by atoms with Gasteiger partial charge in [0.25, 0.3) is 0 Å². The number of halogens is 1. The SMILES string of the molecule is O=C(Cn1nnc(-c2ccc(Br)cc2)n1)N1CCC[C@H]2CCCC[C@H]21. The summed E-state index contributed by atoms with van der Waals surface area (Å²) in [6, 6.07) is 8.18. The van der Waals surface area contributed by atoms with Gasteiger partial charge < -0.3 is 4.90 Å². The van der Waals surface area contributed by atoms with E-state index in [9.17, 15) is 4.79 Å². The van der Waals surface area contributed by atoms with Crippen molar-refractivity contribution in [1.29, 1.82) is 0 Å². The van der Waals surface area contributed by atoms with Gasteiger partial charge in [-0.15, -0.1) is 10.2 Å². The fourth-order valence-corrected chi connectivity index (χ4v) is 4.44. The van der Waals surface area contributed by atoms with Crippen LogP contribution in [0.15, 0.2) is 28.7 Å². The Bertz CT molecular complexity index is 742. The molecule has 1 aromatic heterocycles. The standard InChI is InChI=1S/C18H22BrN5O/c19-15-9-7-14(8-10-15)18-20-22-24(21-18)12-17(25)23-11-3-5-13-4-1-2-6-16(13)23/h7-10,13,16H,1-6,11-12H2/t13-,16-/m1/s1. The number of fused-ring (bicyclic) bond motifs is 1. The lowest BCUT2D eigenvalue weighted by molar-refractivity contribution is -0.138. The molecule has 2 aromatic rings. The van der Waals surface area contributed by atoms with E-state index >= 15 is 0 Å². The second-order valence-corrected chi connectivity index (χ2v) is 7.91. The molecule has 0 spiro atoms. The van der Waals surface area contributed by atoms with Crippen molar-refractivity contribution >= 4 is 21.8 Å². The van der Waals surface area contributed by atoms with E-state index in [4.69, 9.17) is 0 Å². The maximum Gasteiger partial charge on any atom is 0.246 e. The molecule has 1 aliphatic carbocycles. The molecule has 1 aliphatic heterocycles. The molecule has 2 heterocycles. The first kappa shape index (κ1) is 16.7. The van der Waals surface area contributed by atoms with Crippen LogP contribution in [0, 0.1) is 5.92 Å². The molecule has 1 saturated carbocycles. The lowest BCUT2D eigenvalue weighted by atomic mass is 9.78. The highest BCUT2D eigenvalue weighted by Crippen LogP contribution is 2.35. The smallest absolute Gasteiger partial charge is 0.246 e. The largest absolute Gasteiger partial charge is 0.338 e. The highest BCUT2D eigenvalue weighted by Gasteiger charge is 2.35. The van der Waals surface area contributed by atoms with Gasteiger partial charge in [-0.1, -0.05) is 28.8 Å². The number of piperidine rings is 1. The molecule has 0 unspecified atom stereocenters. The summed E-state index contributed by atoms with van der Waals surface area (Å²) in [5.41, 5.74) is 0.896. The predicted molar refractivity (Wildman–Crippen MR) is 97.6 cm³/mol. The molecular formula is C18H22BrN5O. The first-order valence-electron chi connectivity index (χ1n) is 9.04. The van der Waals surface area contributed by atoms with Crippen LogP contribution in [-0.2, 0) is 11.3 Å². The number of carbonyl (C=O) groups excluding carboxylic acids is 1. The number of rotatable bonds is 3. The van der Waals surface area contributed by atoms with E-state index in [-0.39, 0.29) is 12.5 Å². The lowest BCUT2D eigenvalue weighted by Gasteiger charge is -2.44. The first-order chi connectivity index (χ1) is 12.2. The average Bonchev–Trinajstić information content (AvgIpc) is 3.10. The van der Waals surface area contributed by atoms with Crippen molar-refractivity contribution in [2.75, 3.05) is 6.54 Å². The minimum Gasteiger partial charge on any atom is -0.338 e.